The summed E-state index contributed by atoms with van der Waals surface area (Å²) in [5, 5.41) is 9.50. The van der Waals surface area contributed by atoms with E-state index in [4.69, 9.17) is 0 Å². The third-order valence-corrected chi connectivity index (χ3v) is 5.43. The van der Waals surface area contributed by atoms with E-state index in [2.05, 4.69) is 21.1 Å². The van der Waals surface area contributed by atoms with Gasteiger partial charge in [0.25, 0.3) is 0 Å². The molecule has 0 saturated carbocycles. The van der Waals surface area contributed by atoms with Gasteiger partial charge in [-0.2, -0.15) is 0 Å². The van der Waals surface area contributed by atoms with Crippen LogP contribution in [0.15, 0.2) is 47.2 Å². The zero-order chi connectivity index (χ0) is 13.9. The van der Waals surface area contributed by atoms with Gasteiger partial charge in [-0.1, -0.05) is 51.1 Å². The van der Waals surface area contributed by atoms with Crippen molar-refractivity contribution >= 4 is 28.5 Å². The number of allylic oxidation sites excluding steroid dienone is 1. The topological polar surface area (TPSA) is 35.8 Å². The molecule has 1 saturated heterocycles. The molecule has 0 amide bonds. The second-order valence-electron chi connectivity index (χ2n) is 4.90. The number of hydrogen-bond donors (Lipinski definition) is 1. The Kier molecular flexibility index (Phi) is 4.26. The molecule has 1 N–H and O–H groups in total. The van der Waals surface area contributed by atoms with E-state index in [1.807, 2.05) is 29.2 Å². The number of benzene rings is 1. The first kappa shape index (κ1) is 13.9. The predicted molar refractivity (Wildman–Crippen MR) is 88.2 cm³/mol. The first-order chi connectivity index (χ1) is 9.72. The van der Waals surface area contributed by atoms with Crippen molar-refractivity contribution in [3.8, 4) is 0 Å². The van der Waals surface area contributed by atoms with E-state index in [0.29, 0.717) is 6.54 Å². The fraction of sp³-hybridized carbons (Fsp3) is 0.333. The highest BCUT2D eigenvalue weighted by atomic mass is 127. The Hall–Kier alpha value is -1.08. The summed E-state index contributed by atoms with van der Waals surface area (Å²) >= 11 is -0.177. The number of aliphatic hydroxyl groups is 1. The van der Waals surface area contributed by atoms with E-state index >= 15 is 0 Å². The van der Waals surface area contributed by atoms with Crippen molar-refractivity contribution < 1.29 is 9.50 Å². The average Bonchev–Trinajstić information content (AvgIpc) is 2.80. The Balaban J connectivity index is 1.72. The lowest BCUT2D eigenvalue weighted by atomic mass is 10.2. The van der Waals surface area contributed by atoms with Gasteiger partial charge in [-0.05, 0) is 15.7 Å². The van der Waals surface area contributed by atoms with Gasteiger partial charge in [0, 0.05) is 13.0 Å². The maximum absolute atomic E-state index is 13.4. The Bertz CT molecular complexity index is 560. The number of halogens is 2. The van der Waals surface area contributed by atoms with Crippen molar-refractivity contribution in [2.45, 2.75) is 18.7 Å². The highest BCUT2D eigenvalue weighted by molar-refractivity contribution is 14.2. The Morgan fingerprint density at radius 3 is 2.80 bits per heavy atom. The van der Waals surface area contributed by atoms with Crippen LogP contribution in [0.2, 0.25) is 0 Å². The van der Waals surface area contributed by atoms with Crippen molar-refractivity contribution in [2.24, 2.45) is 4.99 Å². The van der Waals surface area contributed by atoms with Gasteiger partial charge in [0.05, 0.1) is 10.3 Å². The van der Waals surface area contributed by atoms with Gasteiger partial charge in [0.15, 0.2) is 0 Å². The second kappa shape index (κ2) is 6.13. The molecule has 2 heterocycles. The van der Waals surface area contributed by atoms with Crippen LogP contribution in [0.5, 0.6) is 0 Å². The monoisotopic (exact) mass is 386 g/mol. The van der Waals surface area contributed by atoms with Crippen molar-refractivity contribution in [3.63, 3.8) is 0 Å². The Morgan fingerprint density at radius 2 is 2.10 bits per heavy atom. The molecule has 106 valence electrons. The zero-order valence-corrected chi connectivity index (χ0v) is 13.1. The van der Waals surface area contributed by atoms with Gasteiger partial charge >= 0.3 is 0 Å². The average molecular weight is 386 g/mol. The lowest BCUT2D eigenvalue weighted by Gasteiger charge is -2.19. The molecule has 2 aliphatic heterocycles. The van der Waals surface area contributed by atoms with Crippen LogP contribution in [-0.2, 0) is 6.42 Å². The Labute approximate surface area is 127 Å². The van der Waals surface area contributed by atoms with Crippen LogP contribution in [-0.4, -0.2) is 43.1 Å². The normalized spacial score (nSPS) is 26.0. The van der Waals surface area contributed by atoms with Crippen LogP contribution in [0.3, 0.4) is 0 Å². The van der Waals surface area contributed by atoms with Crippen molar-refractivity contribution in [3.05, 3.63) is 47.8 Å². The number of hydrogen-bond acceptors (Lipinski definition) is 3. The lowest BCUT2D eigenvalue weighted by molar-refractivity contribution is 0.116. The molecule has 0 spiro atoms. The van der Waals surface area contributed by atoms with E-state index < -0.39 is 12.3 Å². The molecule has 3 rings (SSSR count). The third-order valence-electron chi connectivity index (χ3n) is 3.37. The molecule has 1 aromatic carbocycles. The fourth-order valence-corrected chi connectivity index (χ4v) is 4.26. The lowest BCUT2D eigenvalue weighted by Crippen LogP contribution is -2.22. The summed E-state index contributed by atoms with van der Waals surface area (Å²) in [6.45, 7) is 0.572. The first-order valence-corrected chi connectivity index (χ1v) is 8.90. The molecule has 0 unspecified atom stereocenters. The van der Waals surface area contributed by atoms with Crippen molar-refractivity contribution in [1.29, 1.82) is 0 Å². The number of aliphatic hydroxyl groups excluding tert-OH is 1. The highest BCUT2D eigenvalue weighted by Gasteiger charge is 2.32. The molecule has 2 atom stereocenters. The van der Waals surface area contributed by atoms with Crippen LogP contribution in [0.1, 0.15) is 5.56 Å². The molecule has 5 heteroatoms. The van der Waals surface area contributed by atoms with Gasteiger partial charge in [-0.3, -0.25) is 0 Å². The van der Waals surface area contributed by atoms with Crippen LogP contribution < -0.4 is 0 Å². The Morgan fingerprint density at radius 1 is 1.30 bits per heavy atom. The molecule has 2 aliphatic rings. The van der Waals surface area contributed by atoms with Crippen LogP contribution in [0, 0.1) is 0 Å². The molecular weight excluding hydrogens is 370 g/mol. The largest absolute Gasteiger partial charge is 0.388 e. The molecule has 20 heavy (non-hydrogen) atoms. The van der Waals surface area contributed by atoms with Gasteiger partial charge in [0.1, 0.15) is 18.1 Å². The highest BCUT2D eigenvalue weighted by Crippen LogP contribution is 2.23. The van der Waals surface area contributed by atoms with Gasteiger partial charge in [-0.25, -0.2) is 9.38 Å². The van der Waals surface area contributed by atoms with Gasteiger partial charge in [0.2, 0.25) is 0 Å². The van der Waals surface area contributed by atoms with Crippen LogP contribution >= 0.6 is 20.7 Å². The fourth-order valence-electron chi connectivity index (χ4n) is 2.30. The smallest absolute Gasteiger partial charge is 0.145 e. The second-order valence-corrected chi connectivity index (χ2v) is 7.49. The minimum absolute atomic E-state index is 0.177. The molecule has 1 fully saturated rings. The van der Waals surface area contributed by atoms with Gasteiger partial charge < -0.3 is 10.0 Å². The number of alkyl halides is 1. The van der Waals surface area contributed by atoms with Crippen molar-refractivity contribution in [1.82, 2.24) is 4.90 Å². The third kappa shape index (κ3) is 3.15. The molecule has 0 aromatic heterocycles. The minimum atomic E-state index is -1.17. The predicted octanol–water partition coefficient (Wildman–Crippen LogP) is 2.27. The summed E-state index contributed by atoms with van der Waals surface area (Å²) in [7, 11) is 0. The maximum Gasteiger partial charge on any atom is 0.145 e. The van der Waals surface area contributed by atoms with E-state index in [1.54, 1.807) is 0 Å². The molecule has 0 aliphatic carbocycles. The standard InChI is InChI=1S/C15H16FIN2O/c16-12-9-19(10-13(12)20)15-6-7-17-14(18-15)8-11-4-2-1-3-5-11/h1-7,12-13,20H,8-10H2/t12-,13+/m0/s1. The summed E-state index contributed by atoms with van der Waals surface area (Å²) in [6, 6.07) is 10.3. The molecule has 0 radical (unpaired) electrons. The summed E-state index contributed by atoms with van der Waals surface area (Å²) in [4.78, 5) is 6.50. The van der Waals surface area contributed by atoms with Crippen molar-refractivity contribution in [2.75, 3.05) is 13.1 Å². The number of rotatable bonds is 3. The number of nitrogens with zero attached hydrogens (tertiary/aromatic N) is 2. The number of likely N-dealkylation sites (tertiary alicyclic amines) is 1. The first-order valence-electron chi connectivity index (χ1n) is 6.58. The summed E-state index contributed by atoms with van der Waals surface area (Å²) in [5.74, 6) is 0.793. The van der Waals surface area contributed by atoms with Crippen LogP contribution in [0.25, 0.3) is 0 Å². The number of β-amino-alcohol motifs (C(OH)–C–C–N with tert-alkyl or cyclic N) is 1. The SMILES string of the molecule is O[C@@H]1CN(C2=CC=IC(Cc3ccccc3)=N2)C[C@@H]1F. The van der Waals surface area contributed by atoms with Crippen LogP contribution in [0.4, 0.5) is 4.39 Å². The maximum atomic E-state index is 13.4. The minimum Gasteiger partial charge on any atom is -0.388 e. The molecule has 3 nitrogen and oxygen atoms in total. The summed E-state index contributed by atoms with van der Waals surface area (Å²) in [5.41, 5.74) is 1.26. The summed E-state index contributed by atoms with van der Waals surface area (Å²) in [6.07, 6.45) is 0.768. The molecule has 0 bridgehead atoms. The van der Waals surface area contributed by atoms with E-state index in [-0.39, 0.29) is 27.3 Å². The summed E-state index contributed by atoms with van der Waals surface area (Å²) < 4.78 is 16.7. The van der Waals surface area contributed by atoms with E-state index in [1.165, 1.54) is 9.28 Å². The molecule has 1 aromatic rings. The van der Waals surface area contributed by atoms with E-state index in [0.717, 1.165) is 12.2 Å². The quantitative estimate of drug-likeness (QED) is 0.810. The molecular formula is C15H16FIN2O. The number of aliphatic imine (C=N–C) groups is 1. The van der Waals surface area contributed by atoms with Gasteiger partial charge in [-0.15, -0.1) is 0 Å². The zero-order valence-electron chi connectivity index (χ0n) is 10.9. The van der Waals surface area contributed by atoms with E-state index in [9.17, 15) is 9.50 Å².